The van der Waals surface area contributed by atoms with Gasteiger partial charge in [-0.05, 0) is 35.4 Å². The largest absolute Gasteiger partial charge is 0.454 e. The Balaban J connectivity index is 1.28. The van der Waals surface area contributed by atoms with Crippen LogP contribution in [0.5, 0.6) is 23.0 Å². The van der Waals surface area contributed by atoms with E-state index in [-0.39, 0.29) is 19.5 Å². The van der Waals surface area contributed by atoms with Gasteiger partial charge in [-0.2, -0.15) is 0 Å². The average Bonchev–Trinajstić information content (AvgIpc) is 3.31. The lowest BCUT2D eigenvalue weighted by Crippen LogP contribution is -2.20. The zero-order valence-corrected chi connectivity index (χ0v) is 13.9. The number of hydrogen-bond acceptors (Lipinski definition) is 5. The van der Waals surface area contributed by atoms with E-state index in [2.05, 4.69) is 5.32 Å². The van der Waals surface area contributed by atoms with Crippen LogP contribution in [0.3, 0.4) is 0 Å². The molecule has 1 N–H and O–H groups in total. The molecule has 4 rings (SSSR count). The molecule has 0 spiro atoms. The van der Waals surface area contributed by atoms with Crippen molar-refractivity contribution >= 4 is 12.0 Å². The van der Waals surface area contributed by atoms with E-state index >= 15 is 0 Å². The molecule has 1 amide bonds. The number of carbonyl (C=O) groups is 1. The van der Waals surface area contributed by atoms with Crippen LogP contribution >= 0.6 is 0 Å². The van der Waals surface area contributed by atoms with Crippen molar-refractivity contribution < 1.29 is 23.7 Å². The Kier molecular flexibility index (Phi) is 4.47. The van der Waals surface area contributed by atoms with Gasteiger partial charge in [0.25, 0.3) is 0 Å². The zero-order chi connectivity index (χ0) is 17.8. The Morgan fingerprint density at radius 1 is 0.885 bits per heavy atom. The van der Waals surface area contributed by atoms with Gasteiger partial charge < -0.3 is 24.3 Å². The van der Waals surface area contributed by atoms with Gasteiger partial charge in [0, 0.05) is 12.6 Å². The van der Waals surface area contributed by atoms with Crippen LogP contribution < -0.4 is 24.3 Å². The van der Waals surface area contributed by atoms with Gasteiger partial charge in [-0.25, -0.2) is 0 Å². The number of nitrogens with one attached hydrogen (secondary N) is 1. The molecule has 6 heteroatoms. The molecule has 0 aliphatic carbocycles. The maximum atomic E-state index is 11.9. The van der Waals surface area contributed by atoms with Gasteiger partial charge in [-0.3, -0.25) is 4.79 Å². The van der Waals surface area contributed by atoms with Crippen molar-refractivity contribution in [1.82, 2.24) is 5.32 Å². The summed E-state index contributed by atoms with van der Waals surface area (Å²) in [4.78, 5) is 11.9. The fourth-order valence-corrected chi connectivity index (χ4v) is 2.63. The van der Waals surface area contributed by atoms with Gasteiger partial charge >= 0.3 is 0 Å². The highest BCUT2D eigenvalue weighted by atomic mass is 16.7. The van der Waals surface area contributed by atoms with Gasteiger partial charge in [-0.15, -0.1) is 0 Å². The van der Waals surface area contributed by atoms with Gasteiger partial charge in [0.1, 0.15) is 0 Å². The second kappa shape index (κ2) is 7.23. The number of allylic oxidation sites excluding steroid dienone is 2. The molecule has 2 heterocycles. The van der Waals surface area contributed by atoms with Gasteiger partial charge in [0.15, 0.2) is 23.0 Å². The molecule has 0 aromatic heterocycles. The number of ether oxygens (including phenoxy) is 4. The third kappa shape index (κ3) is 3.64. The van der Waals surface area contributed by atoms with Crippen molar-refractivity contribution in [1.29, 1.82) is 0 Å². The molecule has 0 saturated heterocycles. The van der Waals surface area contributed by atoms with Crippen LogP contribution in [0.15, 0.2) is 54.6 Å². The quantitative estimate of drug-likeness (QED) is 0.663. The Morgan fingerprint density at radius 3 is 2.38 bits per heavy atom. The second-order valence-electron chi connectivity index (χ2n) is 5.74. The molecule has 0 atom stereocenters. The molecule has 0 bridgehead atoms. The number of benzene rings is 2. The maximum absolute atomic E-state index is 11.9. The van der Waals surface area contributed by atoms with Crippen LogP contribution in [0.25, 0.3) is 6.08 Å². The summed E-state index contributed by atoms with van der Waals surface area (Å²) in [5.74, 6) is 2.75. The summed E-state index contributed by atoms with van der Waals surface area (Å²) < 4.78 is 21.2. The topological polar surface area (TPSA) is 66.0 Å². The molecule has 2 aliphatic rings. The number of fused-ring (bicyclic) bond motifs is 2. The third-order valence-corrected chi connectivity index (χ3v) is 3.95. The van der Waals surface area contributed by atoms with E-state index in [1.165, 1.54) is 6.08 Å². The molecular weight excluding hydrogens is 334 g/mol. The smallest absolute Gasteiger partial charge is 0.244 e. The van der Waals surface area contributed by atoms with Crippen molar-refractivity contribution in [3.05, 3.63) is 65.8 Å². The molecule has 26 heavy (non-hydrogen) atoms. The monoisotopic (exact) mass is 351 g/mol. The molecule has 2 aromatic rings. The van der Waals surface area contributed by atoms with Crippen molar-refractivity contribution in [3.8, 4) is 23.0 Å². The van der Waals surface area contributed by atoms with Crippen molar-refractivity contribution in [3.63, 3.8) is 0 Å². The lowest BCUT2D eigenvalue weighted by Gasteiger charge is -2.03. The van der Waals surface area contributed by atoms with Crippen LogP contribution in [0.1, 0.15) is 11.1 Å². The Labute approximate surface area is 150 Å². The number of rotatable bonds is 5. The van der Waals surface area contributed by atoms with E-state index in [9.17, 15) is 4.79 Å². The summed E-state index contributed by atoms with van der Waals surface area (Å²) in [5, 5.41) is 2.83. The van der Waals surface area contributed by atoms with Gasteiger partial charge in [0.05, 0.1) is 0 Å². The first-order valence-corrected chi connectivity index (χ1v) is 8.19. The fourth-order valence-electron chi connectivity index (χ4n) is 2.63. The molecule has 0 fully saturated rings. The standard InChI is InChI=1S/C20H17NO5/c22-20(21-11-15-6-8-17-19(10-15)26-13-24-17)4-2-1-3-14-5-7-16-18(9-14)25-12-23-16/h1-10H,11-13H2,(H,21,22)/b3-1+,4-2+. The Bertz CT molecular complexity index is 888. The Hall–Kier alpha value is -3.41. The molecule has 0 unspecified atom stereocenters. The third-order valence-electron chi connectivity index (χ3n) is 3.95. The van der Waals surface area contributed by atoms with Crippen LogP contribution in [-0.4, -0.2) is 19.5 Å². The molecule has 0 radical (unpaired) electrons. The first kappa shape index (κ1) is 16.1. The van der Waals surface area contributed by atoms with Crippen LogP contribution in [0.4, 0.5) is 0 Å². The number of amides is 1. The molecule has 2 aliphatic heterocycles. The van der Waals surface area contributed by atoms with Gasteiger partial charge in [-0.1, -0.05) is 30.4 Å². The summed E-state index contributed by atoms with van der Waals surface area (Å²) in [6.45, 7) is 0.918. The summed E-state index contributed by atoms with van der Waals surface area (Å²) in [7, 11) is 0. The Morgan fingerprint density at radius 2 is 1.58 bits per heavy atom. The zero-order valence-electron chi connectivity index (χ0n) is 13.9. The van der Waals surface area contributed by atoms with Crippen molar-refractivity contribution in [2.45, 2.75) is 6.54 Å². The predicted octanol–water partition coefficient (Wildman–Crippen LogP) is 3.03. The minimum absolute atomic E-state index is 0.169. The van der Waals surface area contributed by atoms with Crippen molar-refractivity contribution in [2.75, 3.05) is 13.6 Å². The summed E-state index contributed by atoms with van der Waals surface area (Å²) >= 11 is 0. The average molecular weight is 351 g/mol. The van der Waals surface area contributed by atoms with E-state index in [0.29, 0.717) is 12.3 Å². The molecular formula is C20H17NO5. The SMILES string of the molecule is O=C(/C=C/C=C/c1ccc2c(c1)OCO2)NCc1ccc2c(c1)OCO2. The van der Waals surface area contributed by atoms with Gasteiger partial charge in [0.2, 0.25) is 19.5 Å². The first-order valence-electron chi connectivity index (χ1n) is 8.19. The van der Waals surface area contributed by atoms with E-state index in [1.807, 2.05) is 42.5 Å². The second-order valence-corrected chi connectivity index (χ2v) is 5.74. The van der Waals surface area contributed by atoms with Crippen LogP contribution in [0, 0.1) is 0 Å². The molecule has 0 saturated carbocycles. The van der Waals surface area contributed by atoms with E-state index in [1.54, 1.807) is 12.2 Å². The van der Waals surface area contributed by atoms with E-state index < -0.39 is 0 Å². The normalized spacial score (nSPS) is 14.3. The minimum Gasteiger partial charge on any atom is -0.454 e. The number of hydrogen-bond donors (Lipinski definition) is 1. The fraction of sp³-hybridized carbons (Fsp3) is 0.150. The minimum atomic E-state index is -0.169. The molecule has 6 nitrogen and oxygen atoms in total. The lowest BCUT2D eigenvalue weighted by molar-refractivity contribution is -0.116. The highest BCUT2D eigenvalue weighted by Gasteiger charge is 2.13. The summed E-state index contributed by atoms with van der Waals surface area (Å²) in [6, 6.07) is 11.3. The highest BCUT2D eigenvalue weighted by Crippen LogP contribution is 2.33. The molecule has 2 aromatic carbocycles. The molecule has 132 valence electrons. The first-order chi connectivity index (χ1) is 12.8. The summed E-state index contributed by atoms with van der Waals surface area (Å²) in [6.07, 6.45) is 6.87. The number of carbonyl (C=O) groups excluding carboxylic acids is 1. The van der Waals surface area contributed by atoms with E-state index in [0.717, 1.165) is 28.4 Å². The van der Waals surface area contributed by atoms with Crippen LogP contribution in [0.2, 0.25) is 0 Å². The van der Waals surface area contributed by atoms with E-state index in [4.69, 9.17) is 18.9 Å². The van der Waals surface area contributed by atoms with Crippen molar-refractivity contribution in [2.24, 2.45) is 0 Å². The highest BCUT2D eigenvalue weighted by molar-refractivity contribution is 5.87. The predicted molar refractivity (Wildman–Crippen MR) is 95.2 cm³/mol. The van der Waals surface area contributed by atoms with Crippen LogP contribution in [-0.2, 0) is 11.3 Å². The summed E-state index contributed by atoms with van der Waals surface area (Å²) in [5.41, 5.74) is 1.92. The lowest BCUT2D eigenvalue weighted by atomic mass is 10.2. The maximum Gasteiger partial charge on any atom is 0.244 e.